The molecule has 0 bridgehead atoms. The van der Waals surface area contributed by atoms with E-state index in [0.29, 0.717) is 5.58 Å². The number of hydrogen-bond acceptors (Lipinski definition) is 4. The minimum atomic E-state index is -0.582. The Balaban J connectivity index is 2.70. The lowest BCUT2D eigenvalue weighted by molar-refractivity contribution is 0.559. The molecule has 0 spiro atoms. The Hall–Kier alpha value is -2.89. The number of fused-ring (bicyclic) bond motifs is 1. The molecular formula is C14H8N2O2. The van der Waals surface area contributed by atoms with Crippen molar-refractivity contribution in [2.75, 3.05) is 0 Å². The van der Waals surface area contributed by atoms with Crippen LogP contribution in [0.15, 0.2) is 51.7 Å². The Morgan fingerprint density at radius 3 is 2.78 bits per heavy atom. The minimum absolute atomic E-state index is 0.0856. The predicted octanol–water partition coefficient (Wildman–Crippen LogP) is 2.50. The van der Waals surface area contributed by atoms with E-state index >= 15 is 0 Å². The zero-order valence-corrected chi connectivity index (χ0v) is 9.36. The first-order valence-corrected chi connectivity index (χ1v) is 5.09. The summed E-state index contributed by atoms with van der Waals surface area (Å²) in [6.07, 6.45) is 0. The van der Waals surface area contributed by atoms with Crippen molar-refractivity contribution in [1.29, 1.82) is 10.7 Å². The van der Waals surface area contributed by atoms with Crippen molar-refractivity contribution in [3.63, 3.8) is 0 Å². The molecule has 0 saturated carbocycles. The topological polar surface area (TPSA) is 77.8 Å². The molecule has 1 N–H and O–H groups in total. The molecule has 0 aliphatic rings. The lowest BCUT2D eigenvalue weighted by Gasteiger charge is -2.02. The quantitative estimate of drug-likeness (QED) is 0.376. The Labute approximate surface area is 103 Å². The van der Waals surface area contributed by atoms with Crippen molar-refractivity contribution in [3.8, 4) is 6.07 Å². The lowest BCUT2D eigenvalue weighted by Crippen LogP contribution is -2.06. The van der Waals surface area contributed by atoms with Crippen LogP contribution in [0.5, 0.6) is 0 Å². The molecule has 1 aromatic carbocycles. The maximum atomic E-state index is 11.8. The molecule has 0 unspecified atom stereocenters. The minimum Gasteiger partial charge on any atom is -0.422 e. The van der Waals surface area contributed by atoms with Crippen LogP contribution in [0, 0.1) is 16.7 Å². The molecule has 0 amide bonds. The zero-order valence-electron chi connectivity index (χ0n) is 9.36. The highest BCUT2D eigenvalue weighted by Gasteiger charge is 2.12. The van der Waals surface area contributed by atoms with Crippen LogP contribution >= 0.6 is 0 Å². The molecule has 2 rings (SSSR count). The van der Waals surface area contributed by atoms with Gasteiger partial charge in [-0.3, -0.25) is 5.41 Å². The van der Waals surface area contributed by atoms with Gasteiger partial charge in [0, 0.05) is 11.0 Å². The summed E-state index contributed by atoms with van der Waals surface area (Å²) in [5.74, 6) is 1.95. The Kier molecular flexibility index (Phi) is 2.92. The molecule has 4 nitrogen and oxygen atoms in total. The van der Waals surface area contributed by atoms with Crippen LogP contribution in [0.3, 0.4) is 0 Å². The van der Waals surface area contributed by atoms with E-state index < -0.39 is 5.63 Å². The number of nitrogens with one attached hydrogen (secondary N) is 1. The molecule has 0 radical (unpaired) electrons. The van der Waals surface area contributed by atoms with E-state index in [1.54, 1.807) is 30.3 Å². The van der Waals surface area contributed by atoms with Crippen LogP contribution in [0.1, 0.15) is 5.56 Å². The molecule has 18 heavy (non-hydrogen) atoms. The lowest BCUT2D eigenvalue weighted by atomic mass is 10.0. The summed E-state index contributed by atoms with van der Waals surface area (Å²) in [7, 11) is 0. The SMILES string of the molecule is C=C(C(=C=N)C#N)c1cc2ccccc2oc1=O. The van der Waals surface area contributed by atoms with Gasteiger partial charge in [-0.15, -0.1) is 0 Å². The van der Waals surface area contributed by atoms with E-state index in [1.807, 2.05) is 11.9 Å². The Morgan fingerprint density at radius 1 is 1.39 bits per heavy atom. The van der Waals surface area contributed by atoms with Crippen LogP contribution in [-0.2, 0) is 0 Å². The van der Waals surface area contributed by atoms with Crippen LogP contribution in [-0.4, -0.2) is 5.87 Å². The van der Waals surface area contributed by atoms with Crippen LogP contribution in [0.25, 0.3) is 16.5 Å². The van der Waals surface area contributed by atoms with E-state index in [-0.39, 0.29) is 16.7 Å². The zero-order chi connectivity index (χ0) is 13.1. The smallest absolute Gasteiger partial charge is 0.344 e. The Morgan fingerprint density at radius 2 is 2.11 bits per heavy atom. The first-order valence-electron chi connectivity index (χ1n) is 5.09. The van der Waals surface area contributed by atoms with Crippen molar-refractivity contribution in [1.82, 2.24) is 0 Å². The monoisotopic (exact) mass is 236 g/mol. The number of benzene rings is 1. The average molecular weight is 236 g/mol. The first-order chi connectivity index (χ1) is 8.67. The van der Waals surface area contributed by atoms with Gasteiger partial charge in [0.15, 0.2) is 0 Å². The van der Waals surface area contributed by atoms with Crippen molar-refractivity contribution < 1.29 is 4.42 Å². The molecule has 0 fully saturated rings. The summed E-state index contributed by atoms with van der Waals surface area (Å²) >= 11 is 0. The predicted molar refractivity (Wildman–Crippen MR) is 68.4 cm³/mol. The van der Waals surface area contributed by atoms with Gasteiger partial charge in [-0.1, -0.05) is 24.8 Å². The van der Waals surface area contributed by atoms with E-state index in [2.05, 4.69) is 6.58 Å². The molecule has 1 aromatic heterocycles. The number of allylic oxidation sites excluding steroid dienone is 2. The number of rotatable bonds is 2. The van der Waals surface area contributed by atoms with Crippen LogP contribution < -0.4 is 5.63 Å². The normalized spacial score (nSPS) is 9.50. The summed E-state index contributed by atoms with van der Waals surface area (Å²) in [6.45, 7) is 3.63. The van der Waals surface area contributed by atoms with Gasteiger partial charge >= 0.3 is 5.63 Å². The summed E-state index contributed by atoms with van der Waals surface area (Å²) in [5, 5.41) is 16.5. The maximum Gasteiger partial charge on any atom is 0.344 e. The molecule has 1 heterocycles. The van der Waals surface area contributed by atoms with Crippen molar-refractivity contribution in [2.24, 2.45) is 0 Å². The second-order valence-electron chi connectivity index (χ2n) is 3.58. The van der Waals surface area contributed by atoms with Gasteiger partial charge in [0.2, 0.25) is 0 Å². The largest absolute Gasteiger partial charge is 0.422 e. The molecule has 0 atom stereocenters. The molecular weight excluding hydrogens is 228 g/mol. The second-order valence-corrected chi connectivity index (χ2v) is 3.58. The van der Waals surface area contributed by atoms with Crippen molar-refractivity contribution in [2.45, 2.75) is 0 Å². The number of hydrogen-bond donors (Lipinski definition) is 1. The third-order valence-electron chi connectivity index (χ3n) is 2.51. The van der Waals surface area contributed by atoms with E-state index in [4.69, 9.17) is 15.1 Å². The molecule has 86 valence electrons. The highest BCUT2D eigenvalue weighted by molar-refractivity contribution is 5.92. The van der Waals surface area contributed by atoms with Crippen molar-refractivity contribution in [3.05, 3.63) is 58.5 Å². The second kappa shape index (κ2) is 4.54. The van der Waals surface area contributed by atoms with E-state index in [1.165, 1.54) is 0 Å². The highest BCUT2D eigenvalue weighted by atomic mass is 16.4. The fourth-order valence-corrected chi connectivity index (χ4v) is 1.58. The van der Waals surface area contributed by atoms with Crippen LogP contribution in [0.4, 0.5) is 0 Å². The van der Waals surface area contributed by atoms with Crippen LogP contribution in [0.2, 0.25) is 0 Å². The third kappa shape index (κ3) is 1.86. The van der Waals surface area contributed by atoms with Gasteiger partial charge in [-0.25, -0.2) is 4.79 Å². The fourth-order valence-electron chi connectivity index (χ4n) is 1.58. The summed E-state index contributed by atoms with van der Waals surface area (Å²) in [6, 6.07) is 10.4. The van der Waals surface area contributed by atoms with Crippen molar-refractivity contribution >= 4 is 22.4 Å². The van der Waals surface area contributed by atoms with Gasteiger partial charge in [-0.2, -0.15) is 5.26 Å². The van der Waals surface area contributed by atoms with Gasteiger partial charge in [-0.05, 0) is 18.0 Å². The van der Waals surface area contributed by atoms with Gasteiger partial charge in [0.1, 0.15) is 17.2 Å². The molecule has 4 heteroatoms. The molecule has 2 aromatic rings. The molecule has 0 aliphatic heterocycles. The van der Waals surface area contributed by atoms with Gasteiger partial charge < -0.3 is 4.42 Å². The molecule has 0 aliphatic carbocycles. The fraction of sp³-hybridized carbons (Fsp3) is 0. The van der Waals surface area contributed by atoms with Gasteiger partial charge in [0.05, 0.1) is 5.56 Å². The highest BCUT2D eigenvalue weighted by Crippen LogP contribution is 2.20. The maximum absolute atomic E-state index is 11.8. The standard InChI is InChI=1S/C14H8N2O2/c1-9(11(7-15)8-16)12-6-10-4-2-3-5-13(10)18-14(12)17/h2-6,15H,1H2. The summed E-state index contributed by atoms with van der Waals surface area (Å²) in [4.78, 5) is 11.8. The number of nitriles is 1. The summed E-state index contributed by atoms with van der Waals surface area (Å²) in [5.41, 5.74) is 0.118. The van der Waals surface area contributed by atoms with Gasteiger partial charge in [0.25, 0.3) is 0 Å². The molecule has 0 saturated heterocycles. The first kappa shape index (κ1) is 11.6. The number of nitrogens with zero attached hydrogens (tertiary/aromatic N) is 1. The third-order valence-corrected chi connectivity index (χ3v) is 2.51. The van der Waals surface area contributed by atoms with E-state index in [0.717, 1.165) is 5.39 Å². The Bertz CT molecular complexity index is 787. The van der Waals surface area contributed by atoms with E-state index in [9.17, 15) is 4.79 Å². The summed E-state index contributed by atoms with van der Waals surface area (Å²) < 4.78 is 5.12. The average Bonchev–Trinajstić information content (AvgIpc) is 2.39. The number of para-hydroxylation sites is 1.